The minimum Gasteiger partial charge on any atom is -0.387 e. The molecule has 0 radical (unpaired) electrons. The highest BCUT2D eigenvalue weighted by Gasteiger charge is 2.50. The summed E-state index contributed by atoms with van der Waals surface area (Å²) in [6.07, 6.45) is 0.838. The molecule has 6 atom stereocenters. The lowest BCUT2D eigenvalue weighted by molar-refractivity contribution is -0.305. The number of aliphatic hydroxyl groups is 1. The first-order valence-electron chi connectivity index (χ1n) is 12.0. The van der Waals surface area contributed by atoms with Crippen molar-refractivity contribution >= 4 is 35.0 Å². The zero-order valence-corrected chi connectivity index (χ0v) is 22.2. The van der Waals surface area contributed by atoms with Crippen LogP contribution in [-0.4, -0.2) is 45.0 Å². The topological polar surface area (TPSA) is 65.7 Å². The van der Waals surface area contributed by atoms with E-state index < -0.39 is 36.1 Å². The van der Waals surface area contributed by atoms with Gasteiger partial charge in [-0.25, -0.2) is 9.37 Å². The van der Waals surface area contributed by atoms with E-state index >= 15 is 0 Å². The molecule has 1 aromatic heterocycles. The number of hydrogen-bond acceptors (Lipinski definition) is 6. The van der Waals surface area contributed by atoms with Gasteiger partial charge in [-0.3, -0.25) is 0 Å². The monoisotopic (exact) mass is 572 g/mol. The van der Waals surface area contributed by atoms with Gasteiger partial charge in [0.25, 0.3) is 0 Å². The zero-order valence-electron chi connectivity index (χ0n) is 19.9. The van der Waals surface area contributed by atoms with Gasteiger partial charge in [-0.1, -0.05) is 77.4 Å². The normalized spacial score (nSPS) is 27.2. The van der Waals surface area contributed by atoms with E-state index in [2.05, 4.69) is 4.98 Å². The molecule has 2 aliphatic rings. The number of aliphatic hydroxyl groups excluding tert-OH is 1. The number of ether oxygens (including phenoxy) is 3. The molecule has 0 spiro atoms. The second-order valence-electron chi connectivity index (χ2n) is 9.11. The molecule has 2 aliphatic heterocycles. The SMILES string of the molecule is O[C@@H]1[C@@H](n2cnc(-c3cccc(F)c3)c2)[C@H]2OC(c3ccccc3)OC[C@H]2O[C@@H]1Sc1ccc(Cl)c(Cl)c1. The first-order chi connectivity index (χ1) is 18.5. The fraction of sp³-hybridized carbons (Fsp3) is 0.250. The van der Waals surface area contributed by atoms with Gasteiger partial charge < -0.3 is 23.9 Å². The molecule has 6 rings (SSSR count). The van der Waals surface area contributed by atoms with E-state index in [1.54, 1.807) is 36.8 Å². The number of thioether (sulfide) groups is 1. The van der Waals surface area contributed by atoms with E-state index in [9.17, 15) is 9.50 Å². The lowest BCUT2D eigenvalue weighted by atomic mass is 9.95. The smallest absolute Gasteiger partial charge is 0.184 e. The van der Waals surface area contributed by atoms with Crippen LogP contribution in [-0.2, 0) is 14.2 Å². The zero-order chi connectivity index (χ0) is 26.2. The molecule has 38 heavy (non-hydrogen) atoms. The van der Waals surface area contributed by atoms with Crippen molar-refractivity contribution in [3.63, 3.8) is 0 Å². The van der Waals surface area contributed by atoms with Crippen LogP contribution in [0.2, 0.25) is 10.0 Å². The number of hydrogen-bond donors (Lipinski definition) is 1. The van der Waals surface area contributed by atoms with Gasteiger partial charge in [0.05, 0.1) is 34.7 Å². The predicted molar refractivity (Wildman–Crippen MR) is 144 cm³/mol. The van der Waals surface area contributed by atoms with Crippen LogP contribution in [0.25, 0.3) is 11.3 Å². The summed E-state index contributed by atoms with van der Waals surface area (Å²) in [5, 5.41) is 12.5. The largest absolute Gasteiger partial charge is 0.387 e. The Balaban J connectivity index is 1.33. The Bertz CT molecular complexity index is 1430. The standard InChI is InChI=1S/C28H23Cl2FN2O4S/c29-20-10-9-19(12-21(20)30)38-28-25(34)24(33-13-22(32-15-33)17-7-4-8-18(31)11-17)26-23(36-28)14-35-27(37-26)16-5-2-1-3-6-16/h1-13,15,23-28,34H,14H2/t23-,24-,25-,26+,27?,28-/m1/s1. The Labute approximate surface area is 233 Å². The highest BCUT2D eigenvalue weighted by molar-refractivity contribution is 7.99. The van der Waals surface area contributed by atoms with Gasteiger partial charge in [0.2, 0.25) is 0 Å². The van der Waals surface area contributed by atoms with Gasteiger partial charge in [-0.15, -0.1) is 0 Å². The lowest BCUT2D eigenvalue weighted by Crippen LogP contribution is -2.58. The summed E-state index contributed by atoms with van der Waals surface area (Å²) in [6, 6.07) is 20.6. The molecule has 0 aliphatic carbocycles. The van der Waals surface area contributed by atoms with Gasteiger partial charge in [0, 0.05) is 22.2 Å². The van der Waals surface area contributed by atoms with Gasteiger partial charge >= 0.3 is 0 Å². The Morgan fingerprint density at radius 1 is 0.974 bits per heavy atom. The van der Waals surface area contributed by atoms with E-state index in [-0.39, 0.29) is 12.4 Å². The molecule has 196 valence electrons. The highest BCUT2D eigenvalue weighted by Crippen LogP contribution is 2.44. The van der Waals surface area contributed by atoms with Crippen LogP contribution in [0.3, 0.4) is 0 Å². The molecular weight excluding hydrogens is 550 g/mol. The maximum absolute atomic E-state index is 13.9. The number of benzene rings is 3. The third kappa shape index (κ3) is 5.22. The quantitative estimate of drug-likeness (QED) is 0.293. The fourth-order valence-electron chi connectivity index (χ4n) is 4.78. The second kappa shape index (κ2) is 11.0. The third-order valence-electron chi connectivity index (χ3n) is 6.61. The third-order valence-corrected chi connectivity index (χ3v) is 8.50. The van der Waals surface area contributed by atoms with E-state index in [0.717, 1.165) is 10.5 Å². The summed E-state index contributed by atoms with van der Waals surface area (Å²) in [4.78, 5) is 5.30. The Morgan fingerprint density at radius 3 is 2.61 bits per heavy atom. The molecule has 3 heterocycles. The average molecular weight is 573 g/mol. The number of rotatable bonds is 5. The molecule has 0 bridgehead atoms. The second-order valence-corrected chi connectivity index (χ2v) is 11.1. The average Bonchev–Trinajstić information content (AvgIpc) is 3.41. The molecule has 4 aromatic rings. The van der Waals surface area contributed by atoms with Crippen LogP contribution in [0.1, 0.15) is 17.9 Å². The van der Waals surface area contributed by atoms with Crippen LogP contribution in [0.4, 0.5) is 4.39 Å². The summed E-state index contributed by atoms with van der Waals surface area (Å²) in [5.74, 6) is -0.347. The minimum absolute atomic E-state index is 0.275. The van der Waals surface area contributed by atoms with Gasteiger partial charge in [0.15, 0.2) is 6.29 Å². The first-order valence-corrected chi connectivity index (χ1v) is 13.7. The van der Waals surface area contributed by atoms with E-state index in [1.165, 1.54) is 23.9 Å². The Morgan fingerprint density at radius 2 is 1.82 bits per heavy atom. The number of fused-ring (bicyclic) bond motifs is 1. The van der Waals surface area contributed by atoms with Crippen molar-refractivity contribution in [2.75, 3.05) is 6.61 Å². The van der Waals surface area contributed by atoms with Gasteiger partial charge in [0.1, 0.15) is 29.6 Å². The van der Waals surface area contributed by atoms with Crippen LogP contribution >= 0.6 is 35.0 Å². The molecule has 2 fully saturated rings. The highest BCUT2D eigenvalue weighted by atomic mass is 35.5. The van der Waals surface area contributed by atoms with Crippen molar-refractivity contribution in [3.8, 4) is 11.3 Å². The first kappa shape index (κ1) is 25.8. The predicted octanol–water partition coefficient (Wildman–Crippen LogP) is 6.53. The summed E-state index contributed by atoms with van der Waals surface area (Å²) in [7, 11) is 0. The summed E-state index contributed by atoms with van der Waals surface area (Å²) in [6.45, 7) is 0.275. The maximum atomic E-state index is 13.9. The maximum Gasteiger partial charge on any atom is 0.184 e. The molecule has 6 nitrogen and oxygen atoms in total. The van der Waals surface area contributed by atoms with Gasteiger partial charge in [-0.2, -0.15) is 0 Å². The van der Waals surface area contributed by atoms with Crippen molar-refractivity contribution < 1.29 is 23.7 Å². The van der Waals surface area contributed by atoms with Crippen LogP contribution in [0.15, 0.2) is 90.2 Å². The lowest BCUT2D eigenvalue weighted by Gasteiger charge is -2.48. The van der Waals surface area contributed by atoms with Crippen molar-refractivity contribution in [3.05, 3.63) is 107 Å². The molecule has 0 saturated carbocycles. The molecule has 3 aromatic carbocycles. The van der Waals surface area contributed by atoms with Gasteiger partial charge in [-0.05, 0) is 30.3 Å². The molecule has 10 heteroatoms. The van der Waals surface area contributed by atoms with E-state index in [4.69, 9.17) is 37.4 Å². The molecule has 2 saturated heterocycles. The molecule has 1 N–H and O–H groups in total. The Hall–Kier alpha value is -2.43. The van der Waals surface area contributed by atoms with Crippen LogP contribution in [0.5, 0.6) is 0 Å². The molecule has 0 amide bonds. The minimum atomic E-state index is -0.986. The van der Waals surface area contributed by atoms with Crippen molar-refractivity contribution in [2.45, 2.75) is 41.0 Å². The number of aromatic nitrogens is 2. The summed E-state index contributed by atoms with van der Waals surface area (Å²) in [5.41, 5.74) is 1.44. The number of nitrogens with zero attached hydrogens (tertiary/aromatic N) is 2. The summed E-state index contributed by atoms with van der Waals surface area (Å²) >= 11 is 13.6. The van der Waals surface area contributed by atoms with Crippen molar-refractivity contribution in [2.24, 2.45) is 0 Å². The van der Waals surface area contributed by atoms with Crippen molar-refractivity contribution in [1.82, 2.24) is 9.55 Å². The van der Waals surface area contributed by atoms with Crippen LogP contribution in [0, 0.1) is 5.82 Å². The van der Waals surface area contributed by atoms with E-state index in [0.29, 0.717) is 21.3 Å². The van der Waals surface area contributed by atoms with Crippen molar-refractivity contribution in [1.29, 1.82) is 0 Å². The summed E-state index contributed by atoms with van der Waals surface area (Å²) < 4.78 is 34.5. The molecular formula is C28H23Cl2FN2O4S. The number of imidazole rings is 1. The van der Waals surface area contributed by atoms with Crippen LogP contribution < -0.4 is 0 Å². The number of halogens is 3. The molecule has 1 unspecified atom stereocenters. The van der Waals surface area contributed by atoms with E-state index in [1.807, 2.05) is 41.0 Å². The Kier molecular flexibility index (Phi) is 7.46. The fourth-order valence-corrected chi connectivity index (χ4v) is 6.24.